The van der Waals surface area contributed by atoms with Crippen LogP contribution in [0.2, 0.25) is 0 Å². The summed E-state index contributed by atoms with van der Waals surface area (Å²) in [4.78, 5) is 15.0. The maximum atomic E-state index is 12.9. The lowest BCUT2D eigenvalue weighted by molar-refractivity contribution is -0.135. The normalized spacial score (nSPS) is 26.4. The fourth-order valence-electron chi connectivity index (χ4n) is 4.95. The van der Waals surface area contributed by atoms with Crippen molar-refractivity contribution < 1.29 is 4.79 Å². The zero-order valence-electron chi connectivity index (χ0n) is 15.0. The van der Waals surface area contributed by atoms with Crippen LogP contribution in [0.1, 0.15) is 82.3 Å². The number of fused-ring (bicyclic) bond motifs is 1. The molecule has 0 aromatic carbocycles. The molecule has 3 heterocycles. The Morgan fingerprint density at radius 1 is 1.12 bits per heavy atom. The van der Waals surface area contributed by atoms with Gasteiger partial charge in [0.05, 0.1) is 0 Å². The zero-order chi connectivity index (χ0) is 16.6. The van der Waals surface area contributed by atoms with Gasteiger partial charge in [0.25, 0.3) is 0 Å². The number of nitrogens with zero attached hydrogens (tertiary/aromatic N) is 4. The van der Waals surface area contributed by atoms with Gasteiger partial charge in [0, 0.05) is 38.4 Å². The van der Waals surface area contributed by atoms with Crippen LogP contribution < -0.4 is 0 Å². The van der Waals surface area contributed by atoms with Crippen molar-refractivity contribution in [3.8, 4) is 0 Å². The Labute approximate surface area is 144 Å². The molecule has 4 rings (SSSR count). The van der Waals surface area contributed by atoms with Gasteiger partial charge >= 0.3 is 0 Å². The zero-order valence-corrected chi connectivity index (χ0v) is 15.0. The number of hydrogen-bond donors (Lipinski definition) is 0. The van der Waals surface area contributed by atoms with E-state index in [0.29, 0.717) is 11.8 Å². The topological polar surface area (TPSA) is 51.0 Å². The average Bonchev–Trinajstić information content (AvgIpc) is 3.18. The van der Waals surface area contributed by atoms with Gasteiger partial charge in [-0.2, -0.15) is 0 Å². The van der Waals surface area contributed by atoms with E-state index in [1.807, 2.05) is 0 Å². The average molecular weight is 330 g/mol. The van der Waals surface area contributed by atoms with E-state index < -0.39 is 0 Å². The van der Waals surface area contributed by atoms with Crippen LogP contribution in [0.4, 0.5) is 0 Å². The van der Waals surface area contributed by atoms with Crippen molar-refractivity contribution in [1.29, 1.82) is 0 Å². The minimum atomic E-state index is 0.235. The van der Waals surface area contributed by atoms with Crippen LogP contribution in [0, 0.1) is 5.41 Å². The summed E-state index contributed by atoms with van der Waals surface area (Å²) >= 11 is 0. The summed E-state index contributed by atoms with van der Waals surface area (Å²) in [7, 11) is 0. The number of hydrogen-bond acceptors (Lipinski definition) is 3. The molecule has 1 saturated heterocycles. The molecule has 1 saturated carbocycles. The van der Waals surface area contributed by atoms with Gasteiger partial charge < -0.3 is 9.47 Å². The van der Waals surface area contributed by atoms with E-state index in [1.165, 1.54) is 38.5 Å². The van der Waals surface area contributed by atoms with E-state index in [9.17, 15) is 4.79 Å². The number of likely N-dealkylation sites (tertiary alicyclic amines) is 1. The van der Waals surface area contributed by atoms with Gasteiger partial charge in [-0.15, -0.1) is 10.2 Å². The smallest absolute Gasteiger partial charge is 0.223 e. The Morgan fingerprint density at radius 3 is 2.79 bits per heavy atom. The largest absolute Gasteiger partial charge is 0.342 e. The molecular formula is C19H30N4O. The predicted octanol–water partition coefficient (Wildman–Crippen LogP) is 3.29. The lowest BCUT2D eigenvalue weighted by atomic mass is 9.73. The van der Waals surface area contributed by atoms with Crippen molar-refractivity contribution in [1.82, 2.24) is 19.7 Å². The summed E-state index contributed by atoms with van der Waals surface area (Å²) < 4.78 is 2.31. The van der Waals surface area contributed by atoms with Gasteiger partial charge in [-0.1, -0.05) is 26.2 Å². The first-order chi connectivity index (χ1) is 11.6. The second-order valence-corrected chi connectivity index (χ2v) is 8.46. The van der Waals surface area contributed by atoms with Crippen LogP contribution >= 0.6 is 0 Å². The lowest BCUT2D eigenvalue weighted by Gasteiger charge is -2.37. The molecule has 3 aliphatic rings. The highest BCUT2D eigenvalue weighted by atomic mass is 16.2. The number of carbonyl (C=O) groups is 1. The minimum absolute atomic E-state index is 0.235. The molecule has 0 bridgehead atoms. The first-order valence-electron chi connectivity index (χ1n) is 9.84. The molecule has 5 nitrogen and oxygen atoms in total. The third-order valence-corrected chi connectivity index (χ3v) is 6.42. The van der Waals surface area contributed by atoms with Gasteiger partial charge in [-0.25, -0.2) is 0 Å². The highest BCUT2D eigenvalue weighted by Crippen LogP contribution is 2.39. The molecule has 1 unspecified atom stereocenters. The number of carbonyl (C=O) groups excluding carboxylic acids is 1. The van der Waals surface area contributed by atoms with Crippen LogP contribution in [0.25, 0.3) is 0 Å². The summed E-state index contributed by atoms with van der Waals surface area (Å²) in [5, 5.41) is 8.82. The van der Waals surface area contributed by atoms with Crippen molar-refractivity contribution in [2.75, 3.05) is 13.1 Å². The fraction of sp³-hybridized carbons (Fsp3) is 0.842. The minimum Gasteiger partial charge on any atom is -0.342 e. The van der Waals surface area contributed by atoms with Crippen molar-refractivity contribution in [3.05, 3.63) is 11.6 Å². The Bertz CT molecular complexity index is 603. The molecule has 0 spiro atoms. The van der Waals surface area contributed by atoms with Gasteiger partial charge in [-0.05, 0) is 37.5 Å². The molecule has 1 aliphatic carbocycles. The number of rotatable bonds is 3. The highest BCUT2D eigenvalue weighted by Gasteiger charge is 2.34. The van der Waals surface area contributed by atoms with Crippen molar-refractivity contribution in [3.63, 3.8) is 0 Å². The van der Waals surface area contributed by atoms with E-state index in [1.54, 1.807) is 0 Å². The first-order valence-corrected chi connectivity index (χ1v) is 9.84. The van der Waals surface area contributed by atoms with Crippen molar-refractivity contribution >= 4 is 5.91 Å². The lowest BCUT2D eigenvalue weighted by Crippen LogP contribution is -2.42. The molecule has 5 heteroatoms. The van der Waals surface area contributed by atoms with E-state index >= 15 is 0 Å². The number of aromatic nitrogens is 3. The molecular weight excluding hydrogens is 300 g/mol. The third-order valence-electron chi connectivity index (χ3n) is 6.42. The molecule has 1 atom stereocenters. The fourth-order valence-corrected chi connectivity index (χ4v) is 4.95. The monoisotopic (exact) mass is 330 g/mol. The molecule has 132 valence electrons. The number of amides is 1. The summed E-state index contributed by atoms with van der Waals surface area (Å²) in [6.45, 7) is 5.14. The molecule has 24 heavy (non-hydrogen) atoms. The van der Waals surface area contributed by atoms with E-state index in [0.717, 1.165) is 57.0 Å². The maximum Gasteiger partial charge on any atom is 0.223 e. The van der Waals surface area contributed by atoms with Crippen LogP contribution in [-0.4, -0.2) is 38.7 Å². The number of aryl methyl sites for hydroxylation is 1. The standard InChI is InChI=1S/C19H30N4O/c1-19(9-3-2-4-10-19)13-17(24)22-11-5-7-15(14-22)18-21-20-16-8-6-12-23(16)18/h15H,2-14H2,1H3. The molecule has 1 aromatic heterocycles. The Balaban J connectivity index is 1.41. The second kappa shape index (κ2) is 6.49. The van der Waals surface area contributed by atoms with E-state index in [2.05, 4.69) is 26.6 Å². The molecule has 1 aromatic rings. The quantitative estimate of drug-likeness (QED) is 0.854. The summed E-state index contributed by atoms with van der Waals surface area (Å²) in [5.74, 6) is 3.01. The predicted molar refractivity (Wildman–Crippen MR) is 92.7 cm³/mol. The Hall–Kier alpha value is -1.39. The van der Waals surface area contributed by atoms with E-state index in [-0.39, 0.29) is 5.41 Å². The van der Waals surface area contributed by atoms with E-state index in [4.69, 9.17) is 0 Å². The highest BCUT2D eigenvalue weighted by molar-refractivity contribution is 5.77. The van der Waals surface area contributed by atoms with Crippen LogP contribution in [0.5, 0.6) is 0 Å². The summed E-state index contributed by atoms with van der Waals surface area (Å²) in [6, 6.07) is 0. The Kier molecular flexibility index (Phi) is 4.35. The first kappa shape index (κ1) is 16.1. The second-order valence-electron chi connectivity index (χ2n) is 8.46. The molecule has 0 radical (unpaired) electrons. The van der Waals surface area contributed by atoms with Crippen molar-refractivity contribution in [2.24, 2.45) is 5.41 Å². The SMILES string of the molecule is CC1(CC(=O)N2CCCC(c3nnc4n3CCC4)C2)CCCCC1. The van der Waals surface area contributed by atoms with Crippen LogP contribution in [-0.2, 0) is 17.8 Å². The summed E-state index contributed by atoms with van der Waals surface area (Å²) in [6.07, 6.45) is 11.6. The molecule has 2 fully saturated rings. The molecule has 1 amide bonds. The van der Waals surface area contributed by atoms with Gasteiger partial charge in [0.15, 0.2) is 0 Å². The Morgan fingerprint density at radius 2 is 1.96 bits per heavy atom. The molecule has 0 N–H and O–H groups in total. The molecule has 2 aliphatic heterocycles. The van der Waals surface area contributed by atoms with Gasteiger partial charge in [0.2, 0.25) is 5.91 Å². The summed E-state index contributed by atoms with van der Waals surface area (Å²) in [5.41, 5.74) is 0.235. The number of piperidine rings is 1. The van der Waals surface area contributed by atoms with Crippen LogP contribution in [0.15, 0.2) is 0 Å². The van der Waals surface area contributed by atoms with Gasteiger partial charge in [0.1, 0.15) is 11.6 Å². The van der Waals surface area contributed by atoms with Crippen LogP contribution in [0.3, 0.4) is 0 Å². The van der Waals surface area contributed by atoms with Crippen molar-refractivity contribution in [2.45, 2.75) is 83.6 Å². The van der Waals surface area contributed by atoms with Gasteiger partial charge in [-0.3, -0.25) is 4.79 Å². The third kappa shape index (κ3) is 3.09. The maximum absolute atomic E-state index is 12.9.